The van der Waals surface area contributed by atoms with E-state index in [0.717, 1.165) is 20.8 Å². The predicted octanol–water partition coefficient (Wildman–Crippen LogP) is 1.15. The molecule has 5 atom stereocenters. The maximum absolute atomic E-state index is 11.7. The fraction of sp³-hybridized carbons (Fsp3) is 0.500. The molecule has 0 radical (unpaired) electrons. The molecule has 164 valence electrons. The number of benzene rings is 1. The van der Waals surface area contributed by atoms with Gasteiger partial charge in [0.1, 0.15) is 18.5 Å². The Balaban J connectivity index is 2.42. The largest absolute Gasteiger partial charge is 0.463 e. The van der Waals surface area contributed by atoms with E-state index >= 15 is 0 Å². The highest BCUT2D eigenvalue weighted by atomic mass is 16.7. The average Bonchev–Trinajstić information content (AvgIpc) is 2.64. The molecule has 0 bridgehead atoms. The second-order valence-corrected chi connectivity index (χ2v) is 6.50. The SMILES string of the molecule is CC(=O)OCC1O[C@H](Oc2ccccc2)[C@H](OC(C)=O)C(OC(C)=O)[C@@H]1OC(C)=O. The highest BCUT2D eigenvalue weighted by molar-refractivity contribution is 5.68. The molecule has 1 saturated heterocycles. The van der Waals surface area contributed by atoms with Crippen molar-refractivity contribution < 1.29 is 47.6 Å². The first-order valence-corrected chi connectivity index (χ1v) is 9.19. The van der Waals surface area contributed by atoms with E-state index in [4.69, 9.17) is 28.4 Å². The first-order chi connectivity index (χ1) is 14.2. The van der Waals surface area contributed by atoms with Crippen molar-refractivity contribution in [2.75, 3.05) is 6.61 Å². The topological polar surface area (TPSA) is 124 Å². The first-order valence-electron chi connectivity index (χ1n) is 9.19. The van der Waals surface area contributed by atoms with E-state index in [1.54, 1.807) is 30.3 Å². The summed E-state index contributed by atoms with van der Waals surface area (Å²) >= 11 is 0. The molecule has 0 amide bonds. The highest BCUT2D eigenvalue weighted by Crippen LogP contribution is 2.30. The van der Waals surface area contributed by atoms with E-state index in [2.05, 4.69) is 0 Å². The maximum Gasteiger partial charge on any atom is 0.303 e. The standard InChI is InChI=1S/C20H24O10/c1-11(21)25-10-16-17(26-12(2)22)18(27-13(3)23)19(28-14(4)24)20(30-16)29-15-8-6-5-7-9-15/h5-9,16-20H,10H2,1-4H3/t16?,17-,18?,19-,20+/m1/s1. The third-order valence-corrected chi connectivity index (χ3v) is 3.94. The monoisotopic (exact) mass is 424 g/mol. The summed E-state index contributed by atoms with van der Waals surface area (Å²) in [5.41, 5.74) is 0. The highest BCUT2D eigenvalue weighted by Gasteiger charge is 2.53. The van der Waals surface area contributed by atoms with Gasteiger partial charge in [-0.25, -0.2) is 0 Å². The van der Waals surface area contributed by atoms with Crippen LogP contribution in [-0.4, -0.2) is 61.2 Å². The summed E-state index contributed by atoms with van der Waals surface area (Å²) < 4.78 is 32.6. The molecule has 0 spiro atoms. The average molecular weight is 424 g/mol. The van der Waals surface area contributed by atoms with Crippen LogP contribution in [0.15, 0.2) is 30.3 Å². The lowest BCUT2D eigenvalue weighted by molar-refractivity contribution is -0.288. The summed E-state index contributed by atoms with van der Waals surface area (Å²) in [4.78, 5) is 46.4. The van der Waals surface area contributed by atoms with Gasteiger partial charge in [0.2, 0.25) is 12.4 Å². The number of ether oxygens (including phenoxy) is 6. The van der Waals surface area contributed by atoms with Crippen LogP contribution in [0.2, 0.25) is 0 Å². The van der Waals surface area contributed by atoms with Gasteiger partial charge in [-0.3, -0.25) is 19.2 Å². The second-order valence-electron chi connectivity index (χ2n) is 6.50. The molecular formula is C20H24O10. The normalized spacial score (nSPS) is 25.5. The Morgan fingerprint density at radius 3 is 1.83 bits per heavy atom. The van der Waals surface area contributed by atoms with E-state index in [0.29, 0.717) is 5.75 Å². The van der Waals surface area contributed by atoms with Crippen LogP contribution in [0.1, 0.15) is 27.7 Å². The summed E-state index contributed by atoms with van der Waals surface area (Å²) in [6.45, 7) is 4.36. The van der Waals surface area contributed by atoms with Crippen LogP contribution < -0.4 is 4.74 Å². The van der Waals surface area contributed by atoms with E-state index in [1.807, 2.05) is 0 Å². The number of esters is 4. The summed E-state index contributed by atoms with van der Waals surface area (Å²) in [7, 11) is 0. The molecule has 2 unspecified atom stereocenters. The minimum absolute atomic E-state index is 0.313. The molecule has 2 rings (SSSR count). The fourth-order valence-corrected chi connectivity index (χ4v) is 2.92. The predicted molar refractivity (Wildman–Crippen MR) is 99.0 cm³/mol. The van der Waals surface area contributed by atoms with Gasteiger partial charge in [0.15, 0.2) is 12.2 Å². The summed E-state index contributed by atoms with van der Waals surface area (Å²) in [5.74, 6) is -2.30. The van der Waals surface area contributed by atoms with Crippen LogP contribution in [0.25, 0.3) is 0 Å². The van der Waals surface area contributed by atoms with Gasteiger partial charge in [-0.15, -0.1) is 0 Å². The summed E-state index contributed by atoms with van der Waals surface area (Å²) in [6, 6.07) is 8.52. The number of carbonyl (C=O) groups excluding carboxylic acids is 4. The van der Waals surface area contributed by atoms with Gasteiger partial charge in [0, 0.05) is 27.7 Å². The molecule has 10 heteroatoms. The van der Waals surface area contributed by atoms with Gasteiger partial charge >= 0.3 is 23.9 Å². The third kappa shape index (κ3) is 6.73. The zero-order valence-electron chi connectivity index (χ0n) is 17.1. The molecule has 0 saturated carbocycles. The maximum atomic E-state index is 11.7. The fourth-order valence-electron chi connectivity index (χ4n) is 2.92. The Labute approximate surface area is 173 Å². The van der Waals surface area contributed by atoms with Crippen LogP contribution in [0, 0.1) is 0 Å². The van der Waals surface area contributed by atoms with Gasteiger partial charge in [-0.1, -0.05) is 18.2 Å². The minimum atomic E-state index is -1.27. The van der Waals surface area contributed by atoms with E-state index in [1.165, 1.54) is 6.92 Å². The Hall–Kier alpha value is -3.14. The first kappa shape index (κ1) is 23.1. The molecular weight excluding hydrogens is 400 g/mol. The Morgan fingerprint density at radius 2 is 1.30 bits per heavy atom. The van der Waals surface area contributed by atoms with Crippen LogP contribution in [-0.2, 0) is 42.9 Å². The molecule has 0 aromatic heterocycles. The summed E-state index contributed by atoms with van der Waals surface area (Å²) in [5, 5.41) is 0. The quantitative estimate of drug-likeness (QED) is 0.465. The van der Waals surface area contributed by atoms with Crippen molar-refractivity contribution in [3.63, 3.8) is 0 Å². The smallest absolute Gasteiger partial charge is 0.303 e. The van der Waals surface area contributed by atoms with Gasteiger partial charge in [0.05, 0.1) is 0 Å². The molecule has 30 heavy (non-hydrogen) atoms. The van der Waals surface area contributed by atoms with Crippen molar-refractivity contribution in [1.82, 2.24) is 0 Å². The van der Waals surface area contributed by atoms with E-state index in [9.17, 15) is 19.2 Å². The molecule has 1 aliphatic heterocycles. The van der Waals surface area contributed by atoms with E-state index < -0.39 is 54.6 Å². The molecule has 0 N–H and O–H groups in total. The lowest BCUT2D eigenvalue weighted by Gasteiger charge is -2.43. The molecule has 10 nitrogen and oxygen atoms in total. The van der Waals surface area contributed by atoms with Crippen LogP contribution in [0.3, 0.4) is 0 Å². The Kier molecular flexibility index (Phi) is 8.16. The summed E-state index contributed by atoms with van der Waals surface area (Å²) in [6.07, 6.45) is -6.04. The molecule has 1 heterocycles. The Bertz CT molecular complexity index is 762. The lowest BCUT2D eigenvalue weighted by Crippen LogP contribution is -2.63. The molecule has 1 aromatic rings. The van der Waals surface area contributed by atoms with Gasteiger partial charge < -0.3 is 28.4 Å². The number of hydrogen-bond acceptors (Lipinski definition) is 10. The molecule has 1 aliphatic rings. The van der Waals surface area contributed by atoms with Crippen molar-refractivity contribution in [1.29, 1.82) is 0 Å². The van der Waals surface area contributed by atoms with Gasteiger partial charge in [0.25, 0.3) is 0 Å². The van der Waals surface area contributed by atoms with Crippen molar-refractivity contribution in [3.05, 3.63) is 30.3 Å². The van der Waals surface area contributed by atoms with Crippen molar-refractivity contribution in [2.45, 2.75) is 58.4 Å². The Morgan fingerprint density at radius 1 is 0.767 bits per heavy atom. The third-order valence-electron chi connectivity index (χ3n) is 3.94. The second kappa shape index (κ2) is 10.6. The van der Waals surface area contributed by atoms with Crippen molar-refractivity contribution >= 4 is 23.9 Å². The van der Waals surface area contributed by atoms with Gasteiger partial charge in [-0.05, 0) is 12.1 Å². The van der Waals surface area contributed by atoms with E-state index in [-0.39, 0.29) is 6.61 Å². The van der Waals surface area contributed by atoms with Crippen LogP contribution in [0.5, 0.6) is 5.75 Å². The van der Waals surface area contributed by atoms with Crippen molar-refractivity contribution in [2.24, 2.45) is 0 Å². The van der Waals surface area contributed by atoms with Crippen LogP contribution in [0.4, 0.5) is 0 Å². The zero-order chi connectivity index (χ0) is 22.3. The van der Waals surface area contributed by atoms with Gasteiger partial charge in [-0.2, -0.15) is 0 Å². The van der Waals surface area contributed by atoms with Crippen molar-refractivity contribution in [3.8, 4) is 5.75 Å². The lowest BCUT2D eigenvalue weighted by atomic mass is 9.98. The number of carbonyl (C=O) groups is 4. The minimum Gasteiger partial charge on any atom is -0.463 e. The molecule has 0 aliphatic carbocycles. The molecule has 1 fully saturated rings. The number of para-hydroxylation sites is 1. The molecule has 1 aromatic carbocycles. The zero-order valence-corrected chi connectivity index (χ0v) is 17.1. The van der Waals surface area contributed by atoms with Crippen LogP contribution >= 0.6 is 0 Å². The number of rotatable bonds is 7. The number of hydrogen-bond donors (Lipinski definition) is 0.